The van der Waals surface area contributed by atoms with Crippen LogP contribution in [0.5, 0.6) is 0 Å². The van der Waals surface area contributed by atoms with Gasteiger partial charge >= 0.3 is 12.1 Å². The van der Waals surface area contributed by atoms with Gasteiger partial charge in [0, 0.05) is 26.2 Å². The number of urea groups is 2. The number of hydrogen-bond donors (Lipinski definition) is 4. The largest absolute Gasteiger partial charge is 0.341 e. The molecule has 0 heterocycles. The van der Waals surface area contributed by atoms with Gasteiger partial charge in [-0.25, -0.2) is 9.59 Å². The normalized spacial score (nSPS) is 9.75. The first-order valence-corrected chi connectivity index (χ1v) is 5.56. The maximum absolute atomic E-state index is 11.1. The Hall–Kier alpha value is -1.46. The molecule has 0 saturated carbocycles. The summed E-state index contributed by atoms with van der Waals surface area (Å²) >= 11 is 0. The fraction of sp³-hybridized carbons (Fsp3) is 0.800. The van der Waals surface area contributed by atoms with Crippen LogP contribution in [0.4, 0.5) is 9.59 Å². The SMILES string of the molecule is CNC(=O)NCCCCNC(=O)NC(C)C. The molecule has 0 radical (unpaired) electrons. The van der Waals surface area contributed by atoms with E-state index >= 15 is 0 Å². The molecule has 0 unspecified atom stereocenters. The van der Waals surface area contributed by atoms with Crippen LogP contribution in [0.15, 0.2) is 0 Å². The zero-order valence-electron chi connectivity index (χ0n) is 10.2. The molecule has 0 aliphatic heterocycles. The fourth-order valence-corrected chi connectivity index (χ4v) is 1.06. The van der Waals surface area contributed by atoms with E-state index in [-0.39, 0.29) is 18.1 Å². The maximum Gasteiger partial charge on any atom is 0.314 e. The molecule has 0 aromatic heterocycles. The molecule has 0 aromatic rings. The molecule has 16 heavy (non-hydrogen) atoms. The minimum Gasteiger partial charge on any atom is -0.341 e. The van der Waals surface area contributed by atoms with Gasteiger partial charge in [0.2, 0.25) is 0 Å². The number of hydrogen-bond acceptors (Lipinski definition) is 2. The second-order valence-corrected chi connectivity index (χ2v) is 3.77. The van der Waals surface area contributed by atoms with Gasteiger partial charge in [-0.15, -0.1) is 0 Å². The molecule has 0 fully saturated rings. The highest BCUT2D eigenvalue weighted by atomic mass is 16.2. The first-order chi connectivity index (χ1) is 7.56. The van der Waals surface area contributed by atoms with E-state index in [1.54, 1.807) is 7.05 Å². The highest BCUT2D eigenvalue weighted by Gasteiger charge is 2.00. The third-order valence-electron chi connectivity index (χ3n) is 1.82. The Morgan fingerprint density at radius 2 is 1.50 bits per heavy atom. The van der Waals surface area contributed by atoms with E-state index in [0.29, 0.717) is 13.1 Å². The summed E-state index contributed by atoms with van der Waals surface area (Å²) in [5.41, 5.74) is 0. The molecule has 0 spiro atoms. The Kier molecular flexibility index (Phi) is 8.01. The summed E-state index contributed by atoms with van der Waals surface area (Å²) in [6.45, 7) is 5.06. The lowest BCUT2D eigenvalue weighted by Crippen LogP contribution is -2.40. The van der Waals surface area contributed by atoms with E-state index in [4.69, 9.17) is 0 Å². The maximum atomic E-state index is 11.1. The van der Waals surface area contributed by atoms with Crippen LogP contribution in [0.2, 0.25) is 0 Å². The molecule has 4 N–H and O–H groups in total. The minimum absolute atomic E-state index is 0.144. The Bertz CT molecular complexity index is 219. The molecule has 0 aliphatic carbocycles. The Morgan fingerprint density at radius 1 is 1.00 bits per heavy atom. The molecular weight excluding hydrogens is 208 g/mol. The van der Waals surface area contributed by atoms with Gasteiger partial charge in [0.05, 0.1) is 0 Å². The summed E-state index contributed by atoms with van der Waals surface area (Å²) in [4.78, 5) is 21.9. The molecule has 0 bridgehead atoms. The standard InChI is InChI=1S/C10H22N4O2/c1-8(2)14-10(16)13-7-5-4-6-12-9(15)11-3/h8H,4-7H2,1-3H3,(H2,11,12,15)(H2,13,14,16). The Balaban J connectivity index is 3.27. The van der Waals surface area contributed by atoms with Gasteiger partial charge in [0.25, 0.3) is 0 Å². The van der Waals surface area contributed by atoms with Gasteiger partial charge in [-0.2, -0.15) is 0 Å². The molecule has 4 amide bonds. The molecule has 0 aliphatic rings. The van der Waals surface area contributed by atoms with Crippen molar-refractivity contribution in [2.75, 3.05) is 20.1 Å². The minimum atomic E-state index is -0.175. The summed E-state index contributed by atoms with van der Waals surface area (Å²) in [5.74, 6) is 0. The number of carbonyl (C=O) groups is 2. The highest BCUT2D eigenvalue weighted by Crippen LogP contribution is 1.85. The molecule has 6 nitrogen and oxygen atoms in total. The zero-order valence-corrected chi connectivity index (χ0v) is 10.2. The third-order valence-corrected chi connectivity index (χ3v) is 1.82. The van der Waals surface area contributed by atoms with Crippen molar-refractivity contribution in [2.24, 2.45) is 0 Å². The fourth-order valence-electron chi connectivity index (χ4n) is 1.06. The Labute approximate surface area is 96.5 Å². The van der Waals surface area contributed by atoms with Crippen molar-refractivity contribution in [3.05, 3.63) is 0 Å². The molecule has 6 heteroatoms. The van der Waals surface area contributed by atoms with Crippen LogP contribution in [-0.2, 0) is 0 Å². The van der Waals surface area contributed by atoms with Crippen LogP contribution in [0.3, 0.4) is 0 Å². The van der Waals surface area contributed by atoms with Gasteiger partial charge in [0.1, 0.15) is 0 Å². The van der Waals surface area contributed by atoms with E-state index in [2.05, 4.69) is 21.3 Å². The van der Waals surface area contributed by atoms with Crippen molar-refractivity contribution >= 4 is 12.1 Å². The van der Waals surface area contributed by atoms with Gasteiger partial charge in [0.15, 0.2) is 0 Å². The smallest absolute Gasteiger partial charge is 0.314 e. The van der Waals surface area contributed by atoms with E-state index in [9.17, 15) is 9.59 Å². The predicted octanol–water partition coefficient (Wildman–Crippen LogP) is 0.403. The number of amides is 4. The van der Waals surface area contributed by atoms with Crippen molar-refractivity contribution in [1.82, 2.24) is 21.3 Å². The van der Waals surface area contributed by atoms with Crippen LogP contribution in [0, 0.1) is 0 Å². The number of rotatable bonds is 6. The first-order valence-electron chi connectivity index (χ1n) is 5.56. The van der Waals surface area contributed by atoms with E-state index in [1.807, 2.05) is 13.8 Å². The van der Waals surface area contributed by atoms with Crippen molar-refractivity contribution in [3.8, 4) is 0 Å². The molecule has 0 aromatic carbocycles. The third kappa shape index (κ3) is 9.11. The molecule has 0 saturated heterocycles. The van der Waals surface area contributed by atoms with Crippen LogP contribution in [0.1, 0.15) is 26.7 Å². The summed E-state index contributed by atoms with van der Waals surface area (Å²) in [7, 11) is 1.58. The lowest BCUT2D eigenvalue weighted by atomic mass is 10.3. The number of nitrogens with one attached hydrogen (secondary N) is 4. The van der Waals surface area contributed by atoms with E-state index in [0.717, 1.165) is 12.8 Å². The number of carbonyl (C=O) groups excluding carboxylic acids is 2. The topological polar surface area (TPSA) is 82.3 Å². The average Bonchev–Trinajstić information content (AvgIpc) is 2.21. The second kappa shape index (κ2) is 8.82. The lowest BCUT2D eigenvalue weighted by Gasteiger charge is -2.10. The molecule has 0 atom stereocenters. The van der Waals surface area contributed by atoms with Crippen LogP contribution in [-0.4, -0.2) is 38.2 Å². The van der Waals surface area contributed by atoms with Crippen LogP contribution < -0.4 is 21.3 Å². The second-order valence-electron chi connectivity index (χ2n) is 3.77. The lowest BCUT2D eigenvalue weighted by molar-refractivity contribution is 0.237. The zero-order chi connectivity index (χ0) is 12.4. The predicted molar refractivity (Wildman–Crippen MR) is 63.4 cm³/mol. The molecular formula is C10H22N4O2. The van der Waals surface area contributed by atoms with Crippen LogP contribution in [0.25, 0.3) is 0 Å². The quantitative estimate of drug-likeness (QED) is 0.498. The van der Waals surface area contributed by atoms with Gasteiger partial charge in [-0.05, 0) is 26.7 Å². The summed E-state index contributed by atoms with van der Waals surface area (Å²) < 4.78 is 0. The van der Waals surface area contributed by atoms with Crippen molar-refractivity contribution in [1.29, 1.82) is 0 Å². The summed E-state index contributed by atoms with van der Waals surface area (Å²) in [6, 6.07) is -0.172. The van der Waals surface area contributed by atoms with Gasteiger partial charge < -0.3 is 21.3 Å². The Morgan fingerprint density at radius 3 is 1.94 bits per heavy atom. The number of unbranched alkanes of at least 4 members (excludes halogenated alkanes) is 1. The summed E-state index contributed by atoms with van der Waals surface area (Å²) in [5, 5.41) is 10.6. The van der Waals surface area contributed by atoms with Crippen molar-refractivity contribution < 1.29 is 9.59 Å². The molecule has 94 valence electrons. The first kappa shape index (κ1) is 14.5. The monoisotopic (exact) mass is 230 g/mol. The summed E-state index contributed by atoms with van der Waals surface area (Å²) in [6.07, 6.45) is 1.69. The highest BCUT2D eigenvalue weighted by molar-refractivity contribution is 5.74. The van der Waals surface area contributed by atoms with Gasteiger partial charge in [-0.3, -0.25) is 0 Å². The van der Waals surface area contributed by atoms with E-state index < -0.39 is 0 Å². The van der Waals surface area contributed by atoms with Gasteiger partial charge in [-0.1, -0.05) is 0 Å². The van der Waals surface area contributed by atoms with Crippen molar-refractivity contribution in [3.63, 3.8) is 0 Å². The molecule has 0 rings (SSSR count). The van der Waals surface area contributed by atoms with Crippen LogP contribution >= 0.6 is 0 Å². The average molecular weight is 230 g/mol. The van der Waals surface area contributed by atoms with Crippen molar-refractivity contribution in [2.45, 2.75) is 32.7 Å². The van der Waals surface area contributed by atoms with E-state index in [1.165, 1.54) is 0 Å².